The minimum atomic E-state index is -4.17. The van der Waals surface area contributed by atoms with Crippen molar-refractivity contribution in [3.05, 3.63) is 120 Å². The van der Waals surface area contributed by atoms with Crippen molar-refractivity contribution in [2.24, 2.45) is 0 Å². The van der Waals surface area contributed by atoms with Gasteiger partial charge in [0.05, 0.1) is 10.6 Å². The number of nitrogens with zero attached hydrogens (tertiary/aromatic N) is 2. The molecule has 4 aromatic rings. The van der Waals surface area contributed by atoms with Gasteiger partial charge in [-0.25, -0.2) is 8.42 Å². The van der Waals surface area contributed by atoms with Crippen LogP contribution in [0.5, 0.6) is 11.5 Å². The number of rotatable bonds is 13. The SMILES string of the molecule is CC[C@@H](C)NC(=O)[C@H](C)N(Cc1ccc(Cl)cc1)C(=O)CN(c1ccc(Oc2ccccc2)cc1)S(=O)(=O)c1ccccc1. The van der Waals surface area contributed by atoms with Gasteiger partial charge in [0.15, 0.2) is 0 Å². The monoisotopic (exact) mass is 633 g/mol. The number of hydrogen-bond acceptors (Lipinski definition) is 5. The van der Waals surface area contributed by atoms with Crippen LogP contribution in [0.2, 0.25) is 5.02 Å². The van der Waals surface area contributed by atoms with Gasteiger partial charge in [-0.2, -0.15) is 0 Å². The van der Waals surface area contributed by atoms with Gasteiger partial charge in [0.2, 0.25) is 11.8 Å². The maximum Gasteiger partial charge on any atom is 0.264 e. The van der Waals surface area contributed by atoms with Crippen LogP contribution in [-0.4, -0.2) is 43.8 Å². The molecule has 4 rings (SSSR count). The molecular formula is C34H36ClN3O5S. The molecule has 4 aromatic carbocycles. The third-order valence-corrected chi connectivity index (χ3v) is 9.19. The zero-order valence-corrected chi connectivity index (χ0v) is 26.5. The van der Waals surface area contributed by atoms with E-state index in [9.17, 15) is 18.0 Å². The molecule has 2 amide bonds. The van der Waals surface area contributed by atoms with Crippen LogP contribution in [-0.2, 0) is 26.2 Å². The lowest BCUT2D eigenvalue weighted by molar-refractivity contribution is -0.139. The lowest BCUT2D eigenvalue weighted by Crippen LogP contribution is -2.52. The van der Waals surface area contributed by atoms with Crippen LogP contribution < -0.4 is 14.4 Å². The van der Waals surface area contributed by atoms with Crippen molar-refractivity contribution >= 4 is 39.1 Å². The fourth-order valence-corrected chi connectivity index (χ4v) is 5.95. The fourth-order valence-electron chi connectivity index (χ4n) is 4.39. The number of ether oxygens (including phenoxy) is 1. The van der Waals surface area contributed by atoms with Gasteiger partial charge in [-0.15, -0.1) is 0 Å². The first-order valence-electron chi connectivity index (χ1n) is 14.3. The zero-order valence-electron chi connectivity index (χ0n) is 24.9. The van der Waals surface area contributed by atoms with E-state index in [1.54, 1.807) is 73.7 Å². The maximum absolute atomic E-state index is 14.1. The molecule has 0 radical (unpaired) electrons. The largest absolute Gasteiger partial charge is 0.457 e. The van der Waals surface area contributed by atoms with Crippen molar-refractivity contribution in [2.75, 3.05) is 10.8 Å². The van der Waals surface area contributed by atoms with Gasteiger partial charge in [-0.3, -0.25) is 13.9 Å². The Morgan fingerprint density at radius 3 is 1.98 bits per heavy atom. The highest BCUT2D eigenvalue weighted by Gasteiger charge is 2.32. The third kappa shape index (κ3) is 8.39. The number of anilines is 1. The lowest BCUT2D eigenvalue weighted by atomic mass is 10.1. The topological polar surface area (TPSA) is 96.0 Å². The van der Waals surface area contributed by atoms with Crippen LogP contribution in [0.1, 0.15) is 32.8 Å². The molecule has 0 bridgehead atoms. The molecule has 0 aliphatic heterocycles. The number of halogens is 1. The molecule has 0 saturated carbocycles. The fraction of sp³-hybridized carbons (Fsp3) is 0.235. The van der Waals surface area contributed by atoms with Gasteiger partial charge >= 0.3 is 0 Å². The highest BCUT2D eigenvalue weighted by Crippen LogP contribution is 2.28. The highest BCUT2D eigenvalue weighted by molar-refractivity contribution is 7.92. The molecule has 0 aliphatic carbocycles. The van der Waals surface area contributed by atoms with E-state index in [1.807, 2.05) is 44.2 Å². The number of carbonyl (C=O) groups excluding carboxylic acids is 2. The Kier molecular flexibility index (Phi) is 11.0. The second-order valence-electron chi connectivity index (χ2n) is 10.4. The lowest BCUT2D eigenvalue weighted by Gasteiger charge is -2.32. The Balaban J connectivity index is 1.68. The summed E-state index contributed by atoms with van der Waals surface area (Å²) in [6.07, 6.45) is 0.719. The number of para-hydroxylation sites is 1. The summed E-state index contributed by atoms with van der Waals surface area (Å²) in [4.78, 5) is 28.7. The number of amides is 2. The second kappa shape index (κ2) is 14.9. The summed E-state index contributed by atoms with van der Waals surface area (Å²) >= 11 is 6.07. The Morgan fingerprint density at radius 2 is 1.39 bits per heavy atom. The molecule has 0 fully saturated rings. The van der Waals surface area contributed by atoms with Gasteiger partial charge in [0.1, 0.15) is 24.1 Å². The van der Waals surface area contributed by atoms with Crippen LogP contribution >= 0.6 is 11.6 Å². The van der Waals surface area contributed by atoms with Crippen LogP contribution in [0.25, 0.3) is 0 Å². The van der Waals surface area contributed by atoms with E-state index < -0.39 is 28.5 Å². The Bertz CT molecular complexity index is 1630. The van der Waals surface area contributed by atoms with E-state index in [-0.39, 0.29) is 29.1 Å². The summed E-state index contributed by atoms with van der Waals surface area (Å²) < 4.78 is 34.9. The molecule has 230 valence electrons. The van der Waals surface area contributed by atoms with E-state index in [2.05, 4.69) is 5.32 Å². The van der Waals surface area contributed by atoms with Crippen molar-refractivity contribution in [2.45, 2.75) is 50.7 Å². The van der Waals surface area contributed by atoms with Crippen molar-refractivity contribution in [3.63, 3.8) is 0 Å². The van der Waals surface area contributed by atoms with Crippen molar-refractivity contribution in [1.29, 1.82) is 0 Å². The van der Waals surface area contributed by atoms with Gasteiger partial charge in [-0.1, -0.05) is 67.1 Å². The average Bonchev–Trinajstić information content (AvgIpc) is 3.04. The summed E-state index contributed by atoms with van der Waals surface area (Å²) in [5, 5.41) is 3.46. The Hall–Kier alpha value is -4.34. The van der Waals surface area contributed by atoms with E-state index in [1.165, 1.54) is 17.0 Å². The molecule has 0 aliphatic rings. The van der Waals surface area contributed by atoms with Crippen molar-refractivity contribution in [3.8, 4) is 11.5 Å². The summed E-state index contributed by atoms with van der Waals surface area (Å²) in [7, 11) is -4.17. The van der Waals surface area contributed by atoms with Crippen molar-refractivity contribution in [1.82, 2.24) is 10.2 Å². The summed E-state index contributed by atoms with van der Waals surface area (Å²) in [5.41, 5.74) is 1.01. The highest BCUT2D eigenvalue weighted by atomic mass is 35.5. The standard InChI is InChI=1S/C34H36ClN3O5S/c1-4-25(2)36-34(40)26(3)37(23-27-15-17-28(35)18-16-27)33(39)24-38(44(41,42)32-13-9-6-10-14-32)29-19-21-31(22-20-29)43-30-11-7-5-8-12-30/h5-22,25-26H,4,23-24H2,1-3H3,(H,36,40)/t25-,26+/m1/s1. The molecule has 8 nitrogen and oxygen atoms in total. The second-order valence-corrected chi connectivity index (χ2v) is 12.7. The Morgan fingerprint density at radius 1 is 0.818 bits per heavy atom. The molecule has 0 spiro atoms. The molecule has 44 heavy (non-hydrogen) atoms. The summed E-state index contributed by atoms with van der Waals surface area (Å²) in [6.45, 7) is 5.01. The van der Waals surface area contributed by atoms with E-state index in [0.717, 1.165) is 16.3 Å². The number of sulfonamides is 1. The van der Waals surface area contributed by atoms with Gasteiger partial charge < -0.3 is 15.0 Å². The molecule has 0 aromatic heterocycles. The molecule has 2 atom stereocenters. The molecule has 0 heterocycles. The van der Waals surface area contributed by atoms with Gasteiger partial charge in [0.25, 0.3) is 10.0 Å². The maximum atomic E-state index is 14.1. The first-order chi connectivity index (χ1) is 21.1. The van der Waals surface area contributed by atoms with Crippen LogP contribution in [0.15, 0.2) is 114 Å². The average molecular weight is 634 g/mol. The number of carbonyl (C=O) groups is 2. The summed E-state index contributed by atoms with van der Waals surface area (Å²) in [6, 6.07) is 29.6. The zero-order chi connectivity index (χ0) is 31.7. The van der Waals surface area contributed by atoms with Gasteiger partial charge in [-0.05, 0) is 86.5 Å². The van der Waals surface area contributed by atoms with Gasteiger partial charge in [0, 0.05) is 17.6 Å². The Labute approximate surface area is 264 Å². The first-order valence-corrected chi connectivity index (χ1v) is 16.2. The number of nitrogens with one attached hydrogen (secondary N) is 1. The van der Waals surface area contributed by atoms with Crippen molar-refractivity contribution < 1.29 is 22.7 Å². The minimum absolute atomic E-state index is 0.0317. The molecule has 10 heteroatoms. The van der Waals surface area contributed by atoms with E-state index in [0.29, 0.717) is 16.5 Å². The quantitative estimate of drug-likeness (QED) is 0.178. The predicted molar refractivity (Wildman–Crippen MR) is 173 cm³/mol. The smallest absolute Gasteiger partial charge is 0.264 e. The molecular weight excluding hydrogens is 598 g/mol. The molecule has 1 N–H and O–H groups in total. The summed E-state index contributed by atoms with van der Waals surface area (Å²) in [5.74, 6) is 0.257. The number of hydrogen-bond donors (Lipinski definition) is 1. The van der Waals surface area contributed by atoms with E-state index in [4.69, 9.17) is 16.3 Å². The van der Waals surface area contributed by atoms with Crippen LogP contribution in [0, 0.1) is 0 Å². The predicted octanol–water partition coefficient (Wildman–Crippen LogP) is 6.66. The van der Waals surface area contributed by atoms with Crippen LogP contribution in [0.3, 0.4) is 0 Å². The van der Waals surface area contributed by atoms with Crippen LogP contribution in [0.4, 0.5) is 5.69 Å². The minimum Gasteiger partial charge on any atom is -0.457 e. The number of benzene rings is 4. The first kappa shape index (κ1) is 32.6. The van der Waals surface area contributed by atoms with E-state index >= 15 is 0 Å². The molecule has 0 saturated heterocycles. The molecule has 0 unspecified atom stereocenters. The third-order valence-electron chi connectivity index (χ3n) is 7.15. The normalized spacial score (nSPS) is 12.5.